The molecule has 1 aliphatic rings. The third-order valence-corrected chi connectivity index (χ3v) is 4.05. The van der Waals surface area contributed by atoms with Crippen LogP contribution in [-0.4, -0.2) is 11.1 Å². The van der Waals surface area contributed by atoms with E-state index in [-0.39, 0.29) is 0 Å². The summed E-state index contributed by atoms with van der Waals surface area (Å²) in [5, 5.41) is 12.7. The third-order valence-electron chi connectivity index (χ3n) is 3.30. The van der Waals surface area contributed by atoms with Crippen molar-refractivity contribution in [1.82, 2.24) is 0 Å². The number of hydrogen-bond acceptors (Lipinski definition) is 2. The summed E-state index contributed by atoms with van der Waals surface area (Å²) in [7, 11) is 0. The number of aryl methyl sites for hydroxylation is 2. The van der Waals surface area contributed by atoms with Crippen molar-refractivity contribution in [2.45, 2.75) is 19.3 Å². The van der Waals surface area contributed by atoms with Crippen LogP contribution in [0.5, 0.6) is 0 Å². The van der Waals surface area contributed by atoms with Crippen LogP contribution in [0.4, 0.5) is 0 Å². The second kappa shape index (κ2) is 4.00. The van der Waals surface area contributed by atoms with E-state index >= 15 is 0 Å². The summed E-state index contributed by atoms with van der Waals surface area (Å²) in [4.78, 5) is 11.1. The number of thiophene rings is 1. The van der Waals surface area contributed by atoms with E-state index in [0.717, 1.165) is 24.0 Å². The van der Waals surface area contributed by atoms with Gasteiger partial charge in [0.05, 0.1) is 5.56 Å². The van der Waals surface area contributed by atoms with Crippen molar-refractivity contribution >= 4 is 17.3 Å². The first-order chi connectivity index (χ1) is 8.25. The van der Waals surface area contributed by atoms with Gasteiger partial charge in [-0.15, -0.1) is 0 Å². The molecular formula is C14H12O2S. The van der Waals surface area contributed by atoms with Crippen molar-refractivity contribution in [3.63, 3.8) is 0 Å². The molecule has 0 bridgehead atoms. The van der Waals surface area contributed by atoms with E-state index in [9.17, 15) is 4.79 Å². The molecule has 0 aliphatic heterocycles. The van der Waals surface area contributed by atoms with E-state index < -0.39 is 5.97 Å². The Labute approximate surface area is 104 Å². The molecule has 3 heteroatoms. The first-order valence-electron chi connectivity index (χ1n) is 5.67. The number of carboxylic acids is 1. The second-order valence-corrected chi connectivity index (χ2v) is 5.08. The molecule has 0 fully saturated rings. The molecule has 1 aromatic carbocycles. The topological polar surface area (TPSA) is 37.3 Å². The van der Waals surface area contributed by atoms with Gasteiger partial charge in [0.25, 0.3) is 0 Å². The molecule has 1 aromatic heterocycles. The molecule has 2 nitrogen and oxygen atoms in total. The maximum absolute atomic E-state index is 11.1. The van der Waals surface area contributed by atoms with Gasteiger partial charge in [-0.25, -0.2) is 4.79 Å². The normalized spacial score (nSPS) is 13.6. The van der Waals surface area contributed by atoms with Crippen molar-refractivity contribution in [2.75, 3.05) is 0 Å². The first kappa shape index (κ1) is 10.5. The molecule has 0 atom stereocenters. The smallest absolute Gasteiger partial charge is 0.337 e. The molecule has 0 saturated carbocycles. The Kier molecular flexibility index (Phi) is 2.48. The minimum atomic E-state index is -0.846. The highest BCUT2D eigenvalue weighted by Crippen LogP contribution is 2.31. The van der Waals surface area contributed by atoms with Crippen LogP contribution in [0.3, 0.4) is 0 Å². The van der Waals surface area contributed by atoms with Crippen LogP contribution in [0.2, 0.25) is 0 Å². The summed E-state index contributed by atoms with van der Waals surface area (Å²) in [6, 6.07) is 6.33. The summed E-state index contributed by atoms with van der Waals surface area (Å²) in [6.07, 6.45) is 3.50. The fourth-order valence-electron chi connectivity index (χ4n) is 2.43. The zero-order valence-corrected chi connectivity index (χ0v) is 10.1. The molecule has 1 aliphatic carbocycles. The van der Waals surface area contributed by atoms with Crippen LogP contribution >= 0.6 is 11.3 Å². The van der Waals surface area contributed by atoms with Gasteiger partial charge in [-0.2, -0.15) is 11.3 Å². The number of fused-ring (bicyclic) bond motifs is 1. The standard InChI is InChI=1S/C14H12O2S/c15-14(16)13-8-17-7-12(13)11-5-4-9-2-1-3-10(9)6-11/h4-8H,1-3H2,(H,15,16). The fraction of sp³-hybridized carbons (Fsp3) is 0.214. The zero-order valence-electron chi connectivity index (χ0n) is 9.27. The highest BCUT2D eigenvalue weighted by atomic mass is 32.1. The first-order valence-corrected chi connectivity index (χ1v) is 6.61. The summed E-state index contributed by atoms with van der Waals surface area (Å²) in [5.74, 6) is -0.846. The predicted molar refractivity (Wildman–Crippen MR) is 68.7 cm³/mol. The number of aromatic carboxylic acids is 1. The third kappa shape index (κ3) is 1.76. The predicted octanol–water partition coefficient (Wildman–Crippen LogP) is 3.60. The summed E-state index contributed by atoms with van der Waals surface area (Å²) >= 11 is 1.44. The fourth-order valence-corrected chi connectivity index (χ4v) is 3.26. The number of benzene rings is 1. The Morgan fingerprint density at radius 2 is 2.00 bits per heavy atom. The van der Waals surface area contributed by atoms with E-state index in [0.29, 0.717) is 5.56 Å². The lowest BCUT2D eigenvalue weighted by Gasteiger charge is -2.04. The van der Waals surface area contributed by atoms with Crippen LogP contribution in [0.25, 0.3) is 11.1 Å². The van der Waals surface area contributed by atoms with Crippen LogP contribution in [0.15, 0.2) is 29.0 Å². The lowest BCUT2D eigenvalue weighted by Crippen LogP contribution is -1.96. The van der Waals surface area contributed by atoms with Gasteiger partial charge in [0.1, 0.15) is 0 Å². The molecule has 86 valence electrons. The number of carbonyl (C=O) groups is 1. The van der Waals surface area contributed by atoms with Crippen molar-refractivity contribution in [2.24, 2.45) is 0 Å². The molecule has 0 radical (unpaired) electrons. The molecule has 17 heavy (non-hydrogen) atoms. The van der Waals surface area contributed by atoms with Gasteiger partial charge < -0.3 is 5.11 Å². The van der Waals surface area contributed by atoms with E-state index in [1.165, 1.54) is 28.9 Å². The molecule has 0 unspecified atom stereocenters. The van der Waals surface area contributed by atoms with E-state index in [1.54, 1.807) is 5.38 Å². The maximum Gasteiger partial charge on any atom is 0.337 e. The van der Waals surface area contributed by atoms with Crippen LogP contribution in [0, 0.1) is 0 Å². The Bertz CT molecular complexity index is 584. The van der Waals surface area contributed by atoms with Gasteiger partial charge in [0, 0.05) is 10.9 Å². The number of hydrogen-bond donors (Lipinski definition) is 1. The monoisotopic (exact) mass is 244 g/mol. The minimum Gasteiger partial charge on any atom is -0.478 e. The van der Waals surface area contributed by atoms with Crippen molar-refractivity contribution in [3.05, 3.63) is 45.6 Å². The molecular weight excluding hydrogens is 232 g/mol. The molecule has 0 amide bonds. The van der Waals surface area contributed by atoms with Gasteiger partial charge in [0.2, 0.25) is 0 Å². The second-order valence-electron chi connectivity index (χ2n) is 4.34. The molecule has 1 N–H and O–H groups in total. The molecule has 2 aromatic rings. The lowest BCUT2D eigenvalue weighted by molar-refractivity contribution is 0.0698. The lowest BCUT2D eigenvalue weighted by atomic mass is 10.00. The van der Waals surface area contributed by atoms with E-state index in [1.807, 2.05) is 11.4 Å². The summed E-state index contributed by atoms with van der Waals surface area (Å²) in [6.45, 7) is 0. The van der Waals surface area contributed by atoms with Crippen molar-refractivity contribution in [1.29, 1.82) is 0 Å². The quantitative estimate of drug-likeness (QED) is 0.876. The number of rotatable bonds is 2. The maximum atomic E-state index is 11.1. The average molecular weight is 244 g/mol. The van der Waals surface area contributed by atoms with Gasteiger partial charge in [-0.3, -0.25) is 0 Å². The molecule has 0 spiro atoms. The van der Waals surface area contributed by atoms with Gasteiger partial charge in [0.15, 0.2) is 0 Å². The highest BCUT2D eigenvalue weighted by molar-refractivity contribution is 7.08. The summed E-state index contributed by atoms with van der Waals surface area (Å²) < 4.78 is 0. The molecule has 1 heterocycles. The number of carboxylic acid groups (broad SMARTS) is 1. The van der Waals surface area contributed by atoms with Crippen LogP contribution in [-0.2, 0) is 12.8 Å². The molecule has 0 saturated heterocycles. The minimum absolute atomic E-state index is 0.410. The van der Waals surface area contributed by atoms with Crippen LogP contribution in [0.1, 0.15) is 27.9 Å². The van der Waals surface area contributed by atoms with Crippen LogP contribution < -0.4 is 0 Å². The SMILES string of the molecule is O=C(O)c1cscc1-c1ccc2c(c1)CCC2. The largest absolute Gasteiger partial charge is 0.478 e. The Hall–Kier alpha value is -1.61. The van der Waals surface area contributed by atoms with Crippen molar-refractivity contribution in [3.8, 4) is 11.1 Å². The Morgan fingerprint density at radius 3 is 2.82 bits per heavy atom. The molecule has 3 rings (SSSR count). The van der Waals surface area contributed by atoms with Gasteiger partial charge >= 0.3 is 5.97 Å². The van der Waals surface area contributed by atoms with E-state index in [2.05, 4.69) is 12.1 Å². The van der Waals surface area contributed by atoms with E-state index in [4.69, 9.17) is 5.11 Å². The van der Waals surface area contributed by atoms with Crippen molar-refractivity contribution < 1.29 is 9.90 Å². The average Bonchev–Trinajstić information content (AvgIpc) is 2.96. The Balaban J connectivity index is 2.09. The highest BCUT2D eigenvalue weighted by Gasteiger charge is 2.16. The zero-order chi connectivity index (χ0) is 11.8. The summed E-state index contributed by atoms with van der Waals surface area (Å²) in [5.41, 5.74) is 5.08. The van der Waals surface area contributed by atoms with Gasteiger partial charge in [-0.1, -0.05) is 18.2 Å². The Morgan fingerprint density at radius 1 is 1.18 bits per heavy atom. The van der Waals surface area contributed by atoms with Gasteiger partial charge in [-0.05, 0) is 41.3 Å².